The molecule has 2 aliphatic heterocycles. The summed E-state index contributed by atoms with van der Waals surface area (Å²) in [4.78, 5) is 14.7. The van der Waals surface area contributed by atoms with E-state index in [2.05, 4.69) is 5.32 Å². The van der Waals surface area contributed by atoms with Gasteiger partial charge in [-0.2, -0.15) is 4.31 Å². The van der Waals surface area contributed by atoms with E-state index in [0.717, 1.165) is 32.2 Å². The third kappa shape index (κ3) is 3.75. The number of hydrogen-bond acceptors (Lipinski definition) is 5. The van der Waals surface area contributed by atoms with Crippen LogP contribution in [0.1, 0.15) is 42.0 Å². The first-order valence-corrected chi connectivity index (χ1v) is 10.4. The number of hydrogen-bond donors (Lipinski definition) is 1. The molecule has 7 nitrogen and oxygen atoms in total. The van der Waals surface area contributed by atoms with Crippen molar-refractivity contribution in [2.75, 3.05) is 39.8 Å². The van der Waals surface area contributed by atoms with Gasteiger partial charge in [0.15, 0.2) is 5.76 Å². The fourth-order valence-corrected chi connectivity index (χ4v) is 5.43. The van der Waals surface area contributed by atoms with Crippen molar-refractivity contribution in [3.05, 3.63) is 17.6 Å². The van der Waals surface area contributed by atoms with E-state index >= 15 is 0 Å². The maximum atomic E-state index is 12.8. The van der Waals surface area contributed by atoms with E-state index in [1.165, 1.54) is 10.4 Å². The van der Waals surface area contributed by atoms with Gasteiger partial charge in [-0.25, -0.2) is 8.42 Å². The van der Waals surface area contributed by atoms with Crippen molar-refractivity contribution in [3.8, 4) is 0 Å². The Kier molecular flexibility index (Phi) is 5.50. The molecule has 0 bridgehead atoms. The molecule has 1 unspecified atom stereocenters. The third-order valence-corrected chi connectivity index (χ3v) is 7.07. The van der Waals surface area contributed by atoms with E-state index in [0.29, 0.717) is 37.9 Å². The second-order valence-electron chi connectivity index (χ2n) is 6.96. The molecule has 1 aromatic rings. The van der Waals surface area contributed by atoms with E-state index in [4.69, 9.17) is 4.42 Å². The summed E-state index contributed by atoms with van der Waals surface area (Å²) in [6.07, 6.45) is 3.80. The smallest absolute Gasteiger partial charge is 0.289 e. The van der Waals surface area contributed by atoms with Crippen LogP contribution in [0.25, 0.3) is 0 Å². The minimum atomic E-state index is -3.57. The lowest BCUT2D eigenvalue weighted by Crippen LogP contribution is -2.42. The quantitative estimate of drug-likeness (QED) is 0.849. The highest BCUT2D eigenvalue weighted by molar-refractivity contribution is 7.89. The van der Waals surface area contributed by atoms with Crippen molar-refractivity contribution in [2.24, 2.45) is 5.92 Å². The fourth-order valence-electron chi connectivity index (χ4n) is 3.76. The van der Waals surface area contributed by atoms with Gasteiger partial charge in [0.05, 0.1) is 0 Å². The second kappa shape index (κ2) is 7.47. The number of likely N-dealkylation sites (tertiary alicyclic amines) is 1. The lowest BCUT2D eigenvalue weighted by atomic mass is 9.98. The average molecular weight is 369 g/mol. The summed E-state index contributed by atoms with van der Waals surface area (Å²) in [5.74, 6) is 0.623. The molecule has 8 heteroatoms. The van der Waals surface area contributed by atoms with Gasteiger partial charge in [-0.05, 0) is 52.1 Å². The number of sulfonamides is 1. The fraction of sp³-hybridized carbons (Fsp3) is 0.706. The van der Waals surface area contributed by atoms with Crippen LogP contribution in [0.5, 0.6) is 0 Å². The SMILES string of the molecule is CNCC1CCCN(C(=O)c2cc(S(=O)(=O)N3CCCC3)c(C)o2)C1. The first-order chi connectivity index (χ1) is 11.9. The molecule has 1 aromatic heterocycles. The van der Waals surface area contributed by atoms with Crippen LogP contribution in [-0.4, -0.2) is 63.3 Å². The van der Waals surface area contributed by atoms with Crippen molar-refractivity contribution in [2.45, 2.75) is 37.5 Å². The van der Waals surface area contributed by atoms with Gasteiger partial charge < -0.3 is 14.6 Å². The molecule has 3 heterocycles. The first-order valence-electron chi connectivity index (χ1n) is 8.98. The Morgan fingerprint density at radius 1 is 1.28 bits per heavy atom. The molecule has 1 N–H and O–H groups in total. The first kappa shape index (κ1) is 18.4. The highest BCUT2D eigenvalue weighted by atomic mass is 32.2. The molecule has 2 fully saturated rings. The summed E-state index contributed by atoms with van der Waals surface area (Å²) in [5, 5.41) is 3.15. The normalized spacial score (nSPS) is 22.5. The van der Waals surface area contributed by atoms with Gasteiger partial charge in [0.2, 0.25) is 10.0 Å². The van der Waals surface area contributed by atoms with Crippen LogP contribution >= 0.6 is 0 Å². The number of aryl methyl sites for hydroxylation is 1. The zero-order valence-electron chi connectivity index (χ0n) is 15.0. The molecular weight excluding hydrogens is 342 g/mol. The van der Waals surface area contributed by atoms with Crippen LogP contribution in [0.2, 0.25) is 0 Å². The van der Waals surface area contributed by atoms with E-state index in [9.17, 15) is 13.2 Å². The molecule has 140 valence electrons. The molecule has 1 atom stereocenters. The Balaban J connectivity index is 1.78. The van der Waals surface area contributed by atoms with Gasteiger partial charge in [0, 0.05) is 32.2 Å². The van der Waals surface area contributed by atoms with Crippen molar-refractivity contribution < 1.29 is 17.6 Å². The molecule has 0 spiro atoms. The largest absolute Gasteiger partial charge is 0.455 e. The second-order valence-corrected chi connectivity index (χ2v) is 8.87. The molecule has 25 heavy (non-hydrogen) atoms. The topological polar surface area (TPSA) is 82.9 Å². The lowest BCUT2D eigenvalue weighted by Gasteiger charge is -2.32. The van der Waals surface area contributed by atoms with Crippen molar-refractivity contribution in [3.63, 3.8) is 0 Å². The van der Waals surface area contributed by atoms with E-state index in [1.807, 2.05) is 7.05 Å². The van der Waals surface area contributed by atoms with Crippen LogP contribution in [0, 0.1) is 12.8 Å². The van der Waals surface area contributed by atoms with Crippen LogP contribution in [0.15, 0.2) is 15.4 Å². The van der Waals surface area contributed by atoms with Crippen molar-refractivity contribution in [1.29, 1.82) is 0 Å². The molecular formula is C17H27N3O4S. The predicted molar refractivity (Wildman–Crippen MR) is 94.0 cm³/mol. The van der Waals surface area contributed by atoms with Crippen LogP contribution in [-0.2, 0) is 10.0 Å². The molecule has 0 radical (unpaired) electrons. The van der Waals surface area contributed by atoms with Crippen molar-refractivity contribution in [1.82, 2.24) is 14.5 Å². The highest BCUT2D eigenvalue weighted by Crippen LogP contribution is 2.27. The molecule has 1 amide bonds. The van der Waals surface area contributed by atoms with Gasteiger partial charge >= 0.3 is 0 Å². The lowest BCUT2D eigenvalue weighted by molar-refractivity contribution is 0.0641. The maximum Gasteiger partial charge on any atom is 0.289 e. The number of nitrogens with one attached hydrogen (secondary N) is 1. The van der Waals surface area contributed by atoms with Gasteiger partial charge in [0.25, 0.3) is 5.91 Å². The zero-order chi connectivity index (χ0) is 18.0. The molecule has 0 saturated carbocycles. The summed E-state index contributed by atoms with van der Waals surface area (Å²) in [6, 6.07) is 1.41. The number of carbonyl (C=O) groups excluding carboxylic acids is 1. The predicted octanol–water partition coefficient (Wildman–Crippen LogP) is 1.44. The molecule has 0 aliphatic carbocycles. The van der Waals surface area contributed by atoms with E-state index in [1.54, 1.807) is 11.8 Å². The maximum absolute atomic E-state index is 12.8. The molecule has 2 aliphatic rings. The molecule has 2 saturated heterocycles. The number of carbonyl (C=O) groups is 1. The van der Waals surface area contributed by atoms with Gasteiger partial charge in [-0.3, -0.25) is 4.79 Å². The number of nitrogens with zero attached hydrogens (tertiary/aromatic N) is 2. The number of amides is 1. The zero-order valence-corrected chi connectivity index (χ0v) is 15.8. The summed E-state index contributed by atoms with van der Waals surface area (Å²) in [6.45, 7) is 4.91. The van der Waals surface area contributed by atoms with Crippen molar-refractivity contribution >= 4 is 15.9 Å². The van der Waals surface area contributed by atoms with E-state index < -0.39 is 10.0 Å². The Morgan fingerprint density at radius 3 is 2.68 bits per heavy atom. The number of furan rings is 1. The van der Waals surface area contributed by atoms with Crippen LogP contribution < -0.4 is 5.32 Å². The Hall–Kier alpha value is -1.38. The summed E-state index contributed by atoms with van der Waals surface area (Å²) < 4.78 is 32.5. The summed E-state index contributed by atoms with van der Waals surface area (Å²) >= 11 is 0. The molecule has 0 aromatic carbocycles. The highest BCUT2D eigenvalue weighted by Gasteiger charge is 2.33. The minimum Gasteiger partial charge on any atom is -0.455 e. The summed E-state index contributed by atoms with van der Waals surface area (Å²) in [5.41, 5.74) is 0. The average Bonchev–Trinajstić information content (AvgIpc) is 3.25. The summed E-state index contributed by atoms with van der Waals surface area (Å²) in [7, 11) is -1.66. The van der Waals surface area contributed by atoms with E-state index in [-0.39, 0.29) is 16.6 Å². The van der Waals surface area contributed by atoms with Gasteiger partial charge in [0.1, 0.15) is 10.7 Å². The molecule has 3 rings (SSSR count). The van der Waals surface area contributed by atoms with Gasteiger partial charge in [-0.15, -0.1) is 0 Å². The third-order valence-electron chi connectivity index (χ3n) is 5.06. The minimum absolute atomic E-state index is 0.125. The standard InChI is InChI=1S/C17H27N3O4S/c1-13-16(25(22,23)20-8-3-4-9-20)10-15(24-13)17(21)19-7-5-6-14(12-19)11-18-2/h10,14,18H,3-9,11-12H2,1-2H3. The number of rotatable bonds is 5. The van der Waals surface area contributed by atoms with Gasteiger partial charge in [-0.1, -0.05) is 0 Å². The van der Waals surface area contributed by atoms with Crippen LogP contribution in [0.4, 0.5) is 0 Å². The Bertz CT molecular complexity index is 720. The van der Waals surface area contributed by atoms with Crippen LogP contribution in [0.3, 0.4) is 0 Å². The monoisotopic (exact) mass is 369 g/mol. The number of piperidine rings is 1. The Morgan fingerprint density at radius 2 is 2.00 bits per heavy atom. The Labute approximate surface area is 149 Å².